The van der Waals surface area contributed by atoms with Gasteiger partial charge in [0.2, 0.25) is 5.91 Å². The number of amides is 2. The summed E-state index contributed by atoms with van der Waals surface area (Å²) in [6, 6.07) is 24.4. The number of carboxylic acid groups (broad SMARTS) is 1. The van der Waals surface area contributed by atoms with E-state index in [0.29, 0.717) is 0 Å². The Bertz CT molecular complexity index is 1330. The first-order valence-corrected chi connectivity index (χ1v) is 14.2. The predicted octanol–water partition coefficient (Wildman–Crippen LogP) is 5.26. The molecule has 0 aliphatic heterocycles. The molecule has 3 aromatic carbocycles. The summed E-state index contributed by atoms with van der Waals surface area (Å²) in [5.74, 6) is -1.67. The molecular formula is C33H36N2O6. The molecule has 2 amide bonds. The fourth-order valence-electron chi connectivity index (χ4n) is 6.01. The van der Waals surface area contributed by atoms with Gasteiger partial charge in [-0.3, -0.25) is 4.79 Å². The first kappa shape index (κ1) is 28.4. The fourth-order valence-corrected chi connectivity index (χ4v) is 6.01. The average Bonchev–Trinajstić information content (AvgIpc) is 3.55. The lowest BCUT2D eigenvalue weighted by Gasteiger charge is -2.24. The molecule has 5 rings (SSSR count). The van der Waals surface area contributed by atoms with Crippen molar-refractivity contribution in [2.75, 3.05) is 6.61 Å². The lowest BCUT2D eigenvalue weighted by molar-refractivity contribution is -0.146. The number of benzene rings is 3. The van der Waals surface area contributed by atoms with Gasteiger partial charge in [0.15, 0.2) is 6.04 Å². The Kier molecular flexibility index (Phi) is 8.99. The van der Waals surface area contributed by atoms with Crippen LogP contribution in [-0.4, -0.2) is 47.9 Å². The van der Waals surface area contributed by atoms with Crippen molar-refractivity contribution in [1.82, 2.24) is 10.6 Å². The molecule has 3 N–H and O–H groups in total. The molecule has 41 heavy (non-hydrogen) atoms. The molecule has 0 aromatic heterocycles. The predicted molar refractivity (Wildman–Crippen MR) is 154 cm³/mol. The number of alkyl carbamates (subject to hydrolysis) is 1. The summed E-state index contributed by atoms with van der Waals surface area (Å²) in [4.78, 5) is 37.6. The second-order valence-corrected chi connectivity index (χ2v) is 10.9. The molecule has 0 radical (unpaired) electrons. The molecule has 1 saturated carbocycles. The van der Waals surface area contributed by atoms with Crippen LogP contribution in [0, 0.1) is 5.92 Å². The van der Waals surface area contributed by atoms with E-state index in [9.17, 15) is 19.5 Å². The third kappa shape index (κ3) is 6.77. The van der Waals surface area contributed by atoms with E-state index < -0.39 is 24.2 Å². The zero-order valence-electron chi connectivity index (χ0n) is 23.1. The van der Waals surface area contributed by atoms with Gasteiger partial charge in [0.05, 0.1) is 12.7 Å². The summed E-state index contributed by atoms with van der Waals surface area (Å²) in [5, 5.41) is 15.3. The van der Waals surface area contributed by atoms with Gasteiger partial charge in [-0.2, -0.15) is 0 Å². The number of hydrogen-bond donors (Lipinski definition) is 3. The van der Waals surface area contributed by atoms with Crippen molar-refractivity contribution in [3.8, 4) is 11.1 Å². The highest BCUT2D eigenvalue weighted by molar-refractivity contribution is 5.84. The first-order valence-electron chi connectivity index (χ1n) is 14.2. The van der Waals surface area contributed by atoms with Crippen molar-refractivity contribution in [3.63, 3.8) is 0 Å². The van der Waals surface area contributed by atoms with Gasteiger partial charge in [0.25, 0.3) is 0 Å². The highest BCUT2D eigenvalue weighted by atomic mass is 16.5. The van der Waals surface area contributed by atoms with E-state index in [1.54, 1.807) is 6.92 Å². The van der Waals surface area contributed by atoms with Crippen molar-refractivity contribution in [2.24, 2.45) is 5.92 Å². The van der Waals surface area contributed by atoms with E-state index in [1.165, 1.54) is 11.1 Å². The molecule has 0 saturated heterocycles. The van der Waals surface area contributed by atoms with E-state index in [-0.39, 0.29) is 43.4 Å². The minimum absolute atomic E-state index is 0.0302. The molecule has 1 fully saturated rings. The molecule has 8 nitrogen and oxygen atoms in total. The minimum Gasteiger partial charge on any atom is -0.480 e. The number of carbonyl (C=O) groups is 3. The van der Waals surface area contributed by atoms with Gasteiger partial charge in [-0.1, -0.05) is 85.3 Å². The Labute approximate surface area is 240 Å². The van der Waals surface area contributed by atoms with E-state index >= 15 is 0 Å². The number of hydrogen-bond acceptors (Lipinski definition) is 5. The van der Waals surface area contributed by atoms with Crippen LogP contribution in [0.3, 0.4) is 0 Å². The topological polar surface area (TPSA) is 114 Å². The Morgan fingerprint density at radius 2 is 1.54 bits per heavy atom. The summed E-state index contributed by atoms with van der Waals surface area (Å²) in [7, 11) is 0. The zero-order chi connectivity index (χ0) is 28.8. The lowest BCUT2D eigenvalue weighted by atomic mass is 9.98. The maximum absolute atomic E-state index is 12.9. The standard InChI is InChI=1S/C33H36N2O6/c1-21(40-19-22-10-3-2-4-11-22)31(32(37)38)35-30(36)18-23-12-9-17-29(23)34-33(39)41-20-28-26-15-7-5-13-24(26)25-14-6-8-16-27(25)28/h2-8,10-11,13-16,21,23,28-29,31H,9,12,17-20H2,1H3,(H,34,39)(H,35,36)(H,37,38). The summed E-state index contributed by atoms with van der Waals surface area (Å²) in [6.07, 6.45) is 1.25. The average molecular weight is 557 g/mol. The monoisotopic (exact) mass is 556 g/mol. The van der Waals surface area contributed by atoms with E-state index in [4.69, 9.17) is 9.47 Å². The summed E-state index contributed by atoms with van der Waals surface area (Å²) < 4.78 is 11.4. The molecule has 3 aromatic rings. The van der Waals surface area contributed by atoms with E-state index in [0.717, 1.165) is 36.0 Å². The summed E-state index contributed by atoms with van der Waals surface area (Å²) >= 11 is 0. The Morgan fingerprint density at radius 3 is 2.20 bits per heavy atom. The normalized spacial score (nSPS) is 19.0. The number of carbonyl (C=O) groups excluding carboxylic acids is 2. The molecule has 214 valence electrons. The molecule has 4 atom stereocenters. The molecule has 4 unspecified atom stereocenters. The van der Waals surface area contributed by atoms with Crippen LogP contribution >= 0.6 is 0 Å². The van der Waals surface area contributed by atoms with Crippen molar-refractivity contribution in [3.05, 3.63) is 95.6 Å². The van der Waals surface area contributed by atoms with Crippen LogP contribution in [0.15, 0.2) is 78.9 Å². The molecule has 0 heterocycles. The molecule has 2 aliphatic carbocycles. The van der Waals surface area contributed by atoms with Gasteiger partial charge >= 0.3 is 12.1 Å². The maximum atomic E-state index is 12.9. The van der Waals surface area contributed by atoms with Gasteiger partial charge in [0.1, 0.15) is 6.61 Å². The number of rotatable bonds is 11. The van der Waals surface area contributed by atoms with Crippen LogP contribution in [-0.2, 0) is 25.7 Å². The van der Waals surface area contributed by atoms with Crippen LogP contribution in [0.4, 0.5) is 4.79 Å². The van der Waals surface area contributed by atoms with Crippen LogP contribution in [0.25, 0.3) is 11.1 Å². The van der Waals surface area contributed by atoms with Crippen molar-refractivity contribution in [2.45, 2.75) is 63.3 Å². The summed E-state index contributed by atoms with van der Waals surface area (Å²) in [5.41, 5.74) is 5.54. The Balaban J connectivity index is 1.12. The number of ether oxygens (including phenoxy) is 2. The van der Waals surface area contributed by atoms with Gasteiger partial charge in [-0.05, 0) is 53.5 Å². The van der Waals surface area contributed by atoms with Gasteiger partial charge in [-0.15, -0.1) is 0 Å². The highest BCUT2D eigenvalue weighted by Crippen LogP contribution is 2.44. The largest absolute Gasteiger partial charge is 0.480 e. The second kappa shape index (κ2) is 13.0. The first-order chi connectivity index (χ1) is 19.9. The second-order valence-electron chi connectivity index (χ2n) is 10.9. The number of carboxylic acids is 1. The lowest BCUT2D eigenvalue weighted by Crippen LogP contribution is -2.49. The van der Waals surface area contributed by atoms with Crippen molar-refractivity contribution in [1.29, 1.82) is 0 Å². The SMILES string of the molecule is CC(OCc1ccccc1)C(NC(=O)CC1CCCC1NC(=O)OCC1c2ccccc2-c2ccccc21)C(=O)O. The van der Waals surface area contributed by atoms with Gasteiger partial charge in [0, 0.05) is 18.4 Å². The van der Waals surface area contributed by atoms with Crippen molar-refractivity contribution < 1.29 is 29.0 Å². The van der Waals surface area contributed by atoms with E-state index in [2.05, 4.69) is 34.9 Å². The number of fused-ring (bicyclic) bond motifs is 3. The van der Waals surface area contributed by atoms with Crippen LogP contribution in [0.1, 0.15) is 55.2 Å². The molecule has 0 bridgehead atoms. The van der Waals surface area contributed by atoms with Crippen molar-refractivity contribution >= 4 is 18.0 Å². The Morgan fingerprint density at radius 1 is 0.902 bits per heavy atom. The molecule has 2 aliphatic rings. The smallest absolute Gasteiger partial charge is 0.407 e. The Hall–Kier alpha value is -4.17. The number of nitrogens with one attached hydrogen (secondary N) is 2. The van der Waals surface area contributed by atoms with Crippen LogP contribution in [0.2, 0.25) is 0 Å². The van der Waals surface area contributed by atoms with Gasteiger partial charge in [-0.25, -0.2) is 9.59 Å². The highest BCUT2D eigenvalue weighted by Gasteiger charge is 2.34. The van der Waals surface area contributed by atoms with Crippen LogP contribution < -0.4 is 10.6 Å². The zero-order valence-corrected chi connectivity index (χ0v) is 23.1. The molecular weight excluding hydrogens is 520 g/mol. The van der Waals surface area contributed by atoms with Crippen LogP contribution in [0.5, 0.6) is 0 Å². The van der Waals surface area contributed by atoms with Gasteiger partial charge < -0.3 is 25.2 Å². The van der Waals surface area contributed by atoms with E-state index in [1.807, 2.05) is 54.6 Å². The minimum atomic E-state index is -1.18. The maximum Gasteiger partial charge on any atom is 0.407 e. The number of aliphatic carboxylic acids is 1. The third-order valence-corrected chi connectivity index (χ3v) is 8.16. The quantitative estimate of drug-likeness (QED) is 0.297. The summed E-state index contributed by atoms with van der Waals surface area (Å²) in [6.45, 7) is 2.11. The fraction of sp³-hybridized carbons (Fsp3) is 0.364. The molecule has 8 heteroatoms. The third-order valence-electron chi connectivity index (χ3n) is 8.16. The molecule has 0 spiro atoms.